The zero-order valence-corrected chi connectivity index (χ0v) is 12.8. The molecule has 0 saturated carbocycles. The summed E-state index contributed by atoms with van der Waals surface area (Å²) >= 11 is 0. The minimum absolute atomic E-state index is 0.133. The fourth-order valence-corrected chi connectivity index (χ4v) is 2.46. The van der Waals surface area contributed by atoms with E-state index in [9.17, 15) is 4.39 Å². The van der Waals surface area contributed by atoms with Crippen molar-refractivity contribution in [1.82, 2.24) is 5.32 Å². The van der Waals surface area contributed by atoms with Gasteiger partial charge in [0.15, 0.2) is 0 Å². The van der Waals surface area contributed by atoms with Crippen molar-refractivity contribution in [2.45, 2.75) is 47.0 Å². The van der Waals surface area contributed by atoms with Crippen LogP contribution in [0.1, 0.15) is 44.7 Å². The van der Waals surface area contributed by atoms with Crippen molar-refractivity contribution in [3.63, 3.8) is 0 Å². The van der Waals surface area contributed by atoms with E-state index in [1.165, 1.54) is 18.4 Å². The van der Waals surface area contributed by atoms with Crippen LogP contribution in [0.15, 0.2) is 18.2 Å². The molecule has 1 aromatic carbocycles. The Morgan fingerprint density at radius 1 is 1.21 bits per heavy atom. The van der Waals surface area contributed by atoms with Gasteiger partial charge in [0.1, 0.15) is 5.82 Å². The first-order valence-corrected chi connectivity index (χ1v) is 7.48. The van der Waals surface area contributed by atoms with Gasteiger partial charge in [0.2, 0.25) is 0 Å². The zero-order chi connectivity index (χ0) is 14.3. The van der Waals surface area contributed by atoms with E-state index in [2.05, 4.69) is 26.1 Å². The van der Waals surface area contributed by atoms with Crippen LogP contribution in [-0.4, -0.2) is 13.1 Å². The van der Waals surface area contributed by atoms with Crippen LogP contribution in [0.2, 0.25) is 0 Å². The van der Waals surface area contributed by atoms with Crippen molar-refractivity contribution in [3.05, 3.63) is 35.1 Å². The van der Waals surface area contributed by atoms with E-state index in [-0.39, 0.29) is 5.82 Å². The smallest absolute Gasteiger partial charge is 0.123 e. The minimum atomic E-state index is -0.133. The monoisotopic (exact) mass is 265 g/mol. The summed E-state index contributed by atoms with van der Waals surface area (Å²) in [5, 5.41) is 3.55. The number of rotatable bonds is 8. The molecule has 0 amide bonds. The predicted molar refractivity (Wildman–Crippen MR) is 80.9 cm³/mol. The fraction of sp³-hybridized carbons (Fsp3) is 0.647. The Labute approximate surface area is 117 Å². The van der Waals surface area contributed by atoms with Gasteiger partial charge in [-0.2, -0.15) is 0 Å². The number of halogens is 1. The molecule has 0 saturated heterocycles. The molecule has 0 aromatic heterocycles. The lowest BCUT2D eigenvalue weighted by Crippen LogP contribution is -2.27. The molecule has 1 nitrogen and oxygen atoms in total. The Morgan fingerprint density at radius 3 is 2.53 bits per heavy atom. The second kappa shape index (κ2) is 8.31. The van der Waals surface area contributed by atoms with Gasteiger partial charge in [0, 0.05) is 0 Å². The number of hydrogen-bond donors (Lipinski definition) is 1. The summed E-state index contributed by atoms with van der Waals surface area (Å²) in [6, 6.07) is 5.16. The molecule has 0 aliphatic carbocycles. The van der Waals surface area contributed by atoms with Gasteiger partial charge < -0.3 is 5.32 Å². The molecule has 0 heterocycles. The van der Waals surface area contributed by atoms with E-state index < -0.39 is 0 Å². The van der Waals surface area contributed by atoms with E-state index in [1.807, 2.05) is 13.0 Å². The van der Waals surface area contributed by atoms with Crippen LogP contribution in [0, 0.1) is 24.6 Å². The summed E-state index contributed by atoms with van der Waals surface area (Å²) in [6.45, 7) is 10.8. The molecule has 108 valence electrons. The maximum atomic E-state index is 13.1. The van der Waals surface area contributed by atoms with Gasteiger partial charge in [-0.15, -0.1) is 0 Å². The second-order valence-corrected chi connectivity index (χ2v) is 5.98. The first-order valence-electron chi connectivity index (χ1n) is 7.48. The maximum absolute atomic E-state index is 13.1. The summed E-state index contributed by atoms with van der Waals surface area (Å²) < 4.78 is 13.1. The van der Waals surface area contributed by atoms with Crippen LogP contribution in [0.5, 0.6) is 0 Å². The largest absolute Gasteiger partial charge is 0.316 e. The van der Waals surface area contributed by atoms with Crippen LogP contribution in [0.3, 0.4) is 0 Å². The number of hydrogen-bond acceptors (Lipinski definition) is 1. The van der Waals surface area contributed by atoms with E-state index in [0.717, 1.165) is 25.1 Å². The molecular formula is C17H28FN. The summed E-state index contributed by atoms with van der Waals surface area (Å²) in [6.07, 6.45) is 3.47. The molecule has 1 N–H and O–H groups in total. The number of benzene rings is 1. The van der Waals surface area contributed by atoms with Crippen LogP contribution in [0.4, 0.5) is 4.39 Å². The maximum Gasteiger partial charge on any atom is 0.123 e. The van der Waals surface area contributed by atoms with Crippen molar-refractivity contribution in [2.75, 3.05) is 13.1 Å². The summed E-state index contributed by atoms with van der Waals surface area (Å²) in [7, 11) is 0. The molecule has 1 rings (SSSR count). The van der Waals surface area contributed by atoms with E-state index in [4.69, 9.17) is 0 Å². The molecule has 1 unspecified atom stereocenters. The molecule has 0 fully saturated rings. The summed E-state index contributed by atoms with van der Waals surface area (Å²) in [4.78, 5) is 0. The van der Waals surface area contributed by atoms with Crippen molar-refractivity contribution in [1.29, 1.82) is 0 Å². The average Bonchev–Trinajstić information content (AvgIpc) is 2.32. The van der Waals surface area contributed by atoms with Crippen LogP contribution < -0.4 is 5.32 Å². The van der Waals surface area contributed by atoms with E-state index in [1.54, 1.807) is 12.1 Å². The molecule has 1 atom stereocenters. The van der Waals surface area contributed by atoms with E-state index in [0.29, 0.717) is 11.8 Å². The molecule has 2 heteroatoms. The normalized spacial score (nSPS) is 12.9. The highest BCUT2D eigenvalue weighted by Gasteiger charge is 2.11. The summed E-state index contributed by atoms with van der Waals surface area (Å²) in [5.74, 6) is 1.20. The third-order valence-electron chi connectivity index (χ3n) is 3.50. The standard InChI is InChI=1S/C17H28FN/c1-5-6-15(12-19-11-13(2)3)10-16-7-8-17(18)9-14(16)4/h7-9,13,15,19H,5-6,10-12H2,1-4H3. The van der Waals surface area contributed by atoms with Gasteiger partial charge >= 0.3 is 0 Å². The molecule has 0 bridgehead atoms. The van der Waals surface area contributed by atoms with Crippen molar-refractivity contribution in [2.24, 2.45) is 11.8 Å². The van der Waals surface area contributed by atoms with Crippen molar-refractivity contribution < 1.29 is 4.39 Å². The molecule has 0 radical (unpaired) electrons. The number of nitrogens with one attached hydrogen (secondary N) is 1. The van der Waals surface area contributed by atoms with Gasteiger partial charge in [-0.25, -0.2) is 4.39 Å². The van der Waals surface area contributed by atoms with Gasteiger partial charge in [0.25, 0.3) is 0 Å². The first kappa shape index (κ1) is 16.2. The van der Waals surface area contributed by atoms with E-state index >= 15 is 0 Å². The third kappa shape index (κ3) is 6.20. The molecule has 0 aliphatic heterocycles. The Balaban J connectivity index is 2.56. The average molecular weight is 265 g/mol. The lowest BCUT2D eigenvalue weighted by Gasteiger charge is -2.19. The Kier molecular flexibility index (Phi) is 7.07. The SMILES string of the molecule is CCCC(CNCC(C)C)Cc1ccc(F)cc1C. The Hall–Kier alpha value is -0.890. The second-order valence-electron chi connectivity index (χ2n) is 5.98. The van der Waals surface area contributed by atoms with Gasteiger partial charge in [-0.3, -0.25) is 0 Å². The molecule has 1 aromatic rings. The highest BCUT2D eigenvalue weighted by molar-refractivity contribution is 5.26. The quantitative estimate of drug-likeness (QED) is 0.737. The molecular weight excluding hydrogens is 237 g/mol. The van der Waals surface area contributed by atoms with Crippen molar-refractivity contribution in [3.8, 4) is 0 Å². The molecule has 0 spiro atoms. The minimum Gasteiger partial charge on any atom is -0.316 e. The van der Waals surface area contributed by atoms with Gasteiger partial charge in [-0.05, 0) is 68.0 Å². The highest BCUT2D eigenvalue weighted by Crippen LogP contribution is 2.18. The predicted octanol–water partition coefficient (Wildman–Crippen LogP) is 4.34. The topological polar surface area (TPSA) is 12.0 Å². The van der Waals surface area contributed by atoms with Crippen LogP contribution in [-0.2, 0) is 6.42 Å². The van der Waals surface area contributed by atoms with Gasteiger partial charge in [0.05, 0.1) is 0 Å². The van der Waals surface area contributed by atoms with Crippen LogP contribution >= 0.6 is 0 Å². The molecule has 0 aliphatic rings. The first-order chi connectivity index (χ1) is 9.02. The Morgan fingerprint density at radius 2 is 1.95 bits per heavy atom. The molecule has 19 heavy (non-hydrogen) atoms. The lowest BCUT2D eigenvalue weighted by atomic mass is 9.92. The zero-order valence-electron chi connectivity index (χ0n) is 12.8. The Bertz CT molecular complexity index is 374. The summed E-state index contributed by atoms with van der Waals surface area (Å²) in [5.41, 5.74) is 2.36. The number of aryl methyl sites for hydroxylation is 1. The van der Waals surface area contributed by atoms with Gasteiger partial charge in [-0.1, -0.05) is 33.3 Å². The van der Waals surface area contributed by atoms with Crippen LogP contribution in [0.25, 0.3) is 0 Å². The fourth-order valence-electron chi connectivity index (χ4n) is 2.46. The highest BCUT2D eigenvalue weighted by atomic mass is 19.1. The third-order valence-corrected chi connectivity index (χ3v) is 3.50. The lowest BCUT2D eigenvalue weighted by molar-refractivity contribution is 0.420. The van der Waals surface area contributed by atoms with Crippen molar-refractivity contribution >= 4 is 0 Å².